The van der Waals surface area contributed by atoms with E-state index in [0.717, 1.165) is 5.57 Å². The van der Waals surface area contributed by atoms with E-state index in [1.165, 1.54) is 0 Å². The zero-order chi connectivity index (χ0) is 14.8. The number of hydrogen-bond donors (Lipinski definition) is 2. The molecule has 5 heteroatoms. The third kappa shape index (κ3) is 2.34. The molecule has 1 fully saturated rings. The summed E-state index contributed by atoms with van der Waals surface area (Å²) in [5.41, 5.74) is 0.171. The molecule has 1 aliphatic rings. The second-order valence-corrected chi connectivity index (χ2v) is 4.99. The number of barbiturate groups is 1. The Morgan fingerprint density at radius 3 is 2.10 bits per heavy atom. The van der Waals surface area contributed by atoms with Crippen LogP contribution in [-0.2, 0) is 15.0 Å². The van der Waals surface area contributed by atoms with E-state index in [0.29, 0.717) is 5.56 Å². The van der Waals surface area contributed by atoms with Gasteiger partial charge in [0.15, 0.2) is 5.41 Å². The van der Waals surface area contributed by atoms with Crippen LogP contribution in [0, 0.1) is 0 Å². The summed E-state index contributed by atoms with van der Waals surface area (Å²) >= 11 is 0. The van der Waals surface area contributed by atoms with Crippen LogP contribution in [-0.4, -0.2) is 17.8 Å². The summed E-state index contributed by atoms with van der Waals surface area (Å²) in [5.74, 6) is -1.18. The summed E-state index contributed by atoms with van der Waals surface area (Å²) in [7, 11) is 0. The van der Waals surface area contributed by atoms with Crippen LogP contribution in [0.25, 0.3) is 0 Å². The molecule has 1 heterocycles. The van der Waals surface area contributed by atoms with Crippen LogP contribution in [0.1, 0.15) is 25.8 Å². The van der Waals surface area contributed by atoms with Crippen molar-refractivity contribution in [3.05, 3.63) is 47.5 Å². The van der Waals surface area contributed by atoms with Crippen molar-refractivity contribution in [1.82, 2.24) is 10.6 Å². The number of nitrogens with one attached hydrogen (secondary N) is 2. The molecule has 1 saturated heterocycles. The standard InChI is InChI=1S/C15H16N2O3/c1-10(2)8-9-15(11-6-4-3-5-7-11)12(18)16-14(20)17-13(15)19/h3-8H,9H2,1-2H3,(H2,16,17,18,19,20). The lowest BCUT2D eigenvalue weighted by Gasteiger charge is -2.33. The van der Waals surface area contributed by atoms with E-state index >= 15 is 0 Å². The predicted octanol–water partition coefficient (Wildman–Crippen LogP) is 1.65. The van der Waals surface area contributed by atoms with Crippen molar-refractivity contribution in [2.24, 2.45) is 0 Å². The van der Waals surface area contributed by atoms with Crippen LogP contribution in [0.15, 0.2) is 42.0 Å². The quantitative estimate of drug-likeness (QED) is 0.649. The van der Waals surface area contributed by atoms with Crippen LogP contribution >= 0.6 is 0 Å². The van der Waals surface area contributed by atoms with Gasteiger partial charge in [-0.05, 0) is 25.8 Å². The number of hydrogen-bond acceptors (Lipinski definition) is 3. The first kappa shape index (κ1) is 14.0. The topological polar surface area (TPSA) is 75.3 Å². The number of benzene rings is 1. The number of imide groups is 2. The first-order valence-electron chi connectivity index (χ1n) is 6.32. The minimum absolute atomic E-state index is 0.213. The Labute approximate surface area is 117 Å². The highest BCUT2D eigenvalue weighted by Gasteiger charge is 2.50. The maximum Gasteiger partial charge on any atom is 0.328 e. The molecule has 20 heavy (non-hydrogen) atoms. The van der Waals surface area contributed by atoms with Crippen LogP contribution in [0.5, 0.6) is 0 Å². The molecule has 0 spiro atoms. The Kier molecular flexibility index (Phi) is 3.70. The van der Waals surface area contributed by atoms with Crippen molar-refractivity contribution in [3.8, 4) is 0 Å². The fourth-order valence-electron chi connectivity index (χ4n) is 2.20. The summed E-state index contributed by atoms with van der Waals surface area (Å²) in [5, 5.41) is 4.37. The Hall–Kier alpha value is -2.43. The molecule has 2 rings (SSSR count). The number of carbonyl (C=O) groups is 3. The monoisotopic (exact) mass is 272 g/mol. The first-order chi connectivity index (χ1) is 9.46. The SMILES string of the molecule is CC(C)=CCC1(c2ccccc2)C(=O)NC(=O)NC1=O. The average Bonchev–Trinajstić information content (AvgIpc) is 2.39. The van der Waals surface area contributed by atoms with Gasteiger partial charge in [0, 0.05) is 0 Å². The zero-order valence-electron chi connectivity index (χ0n) is 11.4. The zero-order valence-corrected chi connectivity index (χ0v) is 11.4. The van der Waals surface area contributed by atoms with E-state index in [1.54, 1.807) is 24.3 Å². The van der Waals surface area contributed by atoms with Crippen molar-refractivity contribution < 1.29 is 14.4 Å². The fourth-order valence-corrected chi connectivity index (χ4v) is 2.20. The van der Waals surface area contributed by atoms with Gasteiger partial charge in [0.1, 0.15) is 0 Å². The molecule has 0 unspecified atom stereocenters. The summed E-state index contributed by atoms with van der Waals surface area (Å²) in [6, 6.07) is 7.99. The molecule has 1 aromatic rings. The smallest absolute Gasteiger partial charge is 0.277 e. The summed E-state index contributed by atoms with van der Waals surface area (Å²) < 4.78 is 0. The number of urea groups is 1. The van der Waals surface area contributed by atoms with E-state index in [-0.39, 0.29) is 6.42 Å². The molecular formula is C15H16N2O3. The molecule has 0 radical (unpaired) electrons. The lowest BCUT2D eigenvalue weighted by Crippen LogP contribution is -2.64. The second kappa shape index (κ2) is 5.28. The normalized spacial score (nSPS) is 17.2. The minimum atomic E-state index is -1.40. The highest BCUT2D eigenvalue weighted by molar-refractivity contribution is 6.23. The third-order valence-electron chi connectivity index (χ3n) is 3.31. The van der Waals surface area contributed by atoms with Gasteiger partial charge >= 0.3 is 6.03 Å². The summed E-state index contributed by atoms with van der Waals surface area (Å²) in [6.45, 7) is 3.78. The molecule has 0 atom stereocenters. The number of allylic oxidation sites excluding steroid dienone is 2. The maximum absolute atomic E-state index is 12.3. The molecule has 0 aliphatic carbocycles. The van der Waals surface area contributed by atoms with Crippen LogP contribution in [0.3, 0.4) is 0 Å². The fraction of sp³-hybridized carbons (Fsp3) is 0.267. The Morgan fingerprint density at radius 2 is 1.60 bits per heavy atom. The van der Waals surface area contributed by atoms with Gasteiger partial charge in [-0.2, -0.15) is 0 Å². The van der Waals surface area contributed by atoms with E-state index in [4.69, 9.17) is 0 Å². The minimum Gasteiger partial charge on any atom is -0.277 e. The van der Waals surface area contributed by atoms with Gasteiger partial charge in [0.25, 0.3) is 0 Å². The molecule has 1 aromatic carbocycles. The van der Waals surface area contributed by atoms with Crippen molar-refractivity contribution in [3.63, 3.8) is 0 Å². The Bertz CT molecular complexity index is 566. The number of carbonyl (C=O) groups excluding carboxylic acids is 3. The van der Waals surface area contributed by atoms with Crippen molar-refractivity contribution in [2.45, 2.75) is 25.7 Å². The Balaban J connectivity index is 2.54. The lowest BCUT2D eigenvalue weighted by molar-refractivity contribution is -0.138. The van der Waals surface area contributed by atoms with E-state index in [2.05, 4.69) is 10.6 Å². The number of amides is 4. The molecule has 0 aromatic heterocycles. The van der Waals surface area contributed by atoms with Gasteiger partial charge in [-0.25, -0.2) is 4.79 Å². The molecule has 0 saturated carbocycles. The van der Waals surface area contributed by atoms with Crippen LogP contribution < -0.4 is 10.6 Å². The lowest BCUT2D eigenvalue weighted by atomic mass is 9.74. The predicted molar refractivity (Wildman–Crippen MR) is 73.8 cm³/mol. The van der Waals surface area contributed by atoms with E-state index in [1.807, 2.05) is 26.0 Å². The van der Waals surface area contributed by atoms with Gasteiger partial charge in [0.2, 0.25) is 11.8 Å². The highest BCUT2D eigenvalue weighted by Crippen LogP contribution is 2.31. The van der Waals surface area contributed by atoms with E-state index < -0.39 is 23.3 Å². The molecule has 5 nitrogen and oxygen atoms in total. The molecule has 4 amide bonds. The Morgan fingerprint density at radius 1 is 1.05 bits per heavy atom. The van der Waals surface area contributed by atoms with Gasteiger partial charge in [-0.15, -0.1) is 0 Å². The molecule has 1 aliphatic heterocycles. The molecule has 2 N–H and O–H groups in total. The van der Waals surface area contributed by atoms with Gasteiger partial charge < -0.3 is 0 Å². The third-order valence-corrected chi connectivity index (χ3v) is 3.31. The average molecular weight is 272 g/mol. The van der Waals surface area contributed by atoms with E-state index in [9.17, 15) is 14.4 Å². The van der Waals surface area contributed by atoms with Crippen molar-refractivity contribution in [2.75, 3.05) is 0 Å². The second-order valence-electron chi connectivity index (χ2n) is 4.99. The van der Waals surface area contributed by atoms with Crippen LogP contribution in [0.2, 0.25) is 0 Å². The largest absolute Gasteiger partial charge is 0.328 e. The summed E-state index contributed by atoms with van der Waals surface area (Å²) in [6.07, 6.45) is 2.03. The first-order valence-corrected chi connectivity index (χ1v) is 6.32. The highest BCUT2D eigenvalue weighted by atomic mass is 16.2. The molecule has 104 valence electrons. The van der Waals surface area contributed by atoms with Gasteiger partial charge in [-0.3, -0.25) is 20.2 Å². The van der Waals surface area contributed by atoms with Gasteiger partial charge in [0.05, 0.1) is 0 Å². The van der Waals surface area contributed by atoms with Crippen molar-refractivity contribution in [1.29, 1.82) is 0 Å². The molecular weight excluding hydrogens is 256 g/mol. The maximum atomic E-state index is 12.3. The van der Waals surface area contributed by atoms with Gasteiger partial charge in [-0.1, -0.05) is 42.0 Å². The number of rotatable bonds is 3. The molecule has 0 bridgehead atoms. The summed E-state index contributed by atoms with van der Waals surface area (Å²) in [4.78, 5) is 35.9. The van der Waals surface area contributed by atoms with Crippen LogP contribution in [0.4, 0.5) is 4.79 Å². The van der Waals surface area contributed by atoms with Crippen molar-refractivity contribution >= 4 is 17.8 Å².